The molecule has 7 heteroatoms. The molecule has 0 aliphatic carbocycles. The van der Waals surface area contributed by atoms with Gasteiger partial charge in [0, 0.05) is 6.07 Å². The van der Waals surface area contributed by atoms with Crippen molar-refractivity contribution in [3.63, 3.8) is 0 Å². The molecular formula is C22H25ClN2O4. The van der Waals surface area contributed by atoms with Crippen molar-refractivity contribution in [1.29, 1.82) is 0 Å². The van der Waals surface area contributed by atoms with E-state index in [1.165, 1.54) is 0 Å². The second kappa shape index (κ2) is 7.43. The van der Waals surface area contributed by atoms with Crippen LogP contribution in [0.1, 0.15) is 51.3 Å². The van der Waals surface area contributed by atoms with Gasteiger partial charge in [0.05, 0.1) is 5.57 Å². The van der Waals surface area contributed by atoms with Crippen LogP contribution in [0.15, 0.2) is 30.0 Å². The average Bonchev–Trinajstić information content (AvgIpc) is 2.63. The molecule has 1 aliphatic heterocycles. The average molecular weight is 417 g/mol. The Kier molecular flexibility index (Phi) is 5.45. The fourth-order valence-electron chi connectivity index (χ4n) is 3.47. The standard InChI is InChI=1S/C22H25ClN2O4/c1-7-13-8-9-14(28-16-10-12(2)20(23)25-24-16)11-15(13)17-18(26)21(3,4)29-22(5,6)19(17)27/h8-11,26H,7H2,1-6H3. The Balaban J connectivity index is 2.12. The van der Waals surface area contributed by atoms with Gasteiger partial charge in [-0.05, 0) is 69.9 Å². The van der Waals surface area contributed by atoms with Crippen molar-refractivity contribution in [2.45, 2.75) is 59.2 Å². The van der Waals surface area contributed by atoms with E-state index in [9.17, 15) is 9.90 Å². The highest BCUT2D eigenvalue weighted by Crippen LogP contribution is 2.41. The zero-order valence-electron chi connectivity index (χ0n) is 17.5. The molecule has 6 nitrogen and oxygen atoms in total. The van der Waals surface area contributed by atoms with Gasteiger partial charge in [0.2, 0.25) is 5.88 Å². The van der Waals surface area contributed by atoms with Crippen LogP contribution in [-0.2, 0) is 16.0 Å². The summed E-state index contributed by atoms with van der Waals surface area (Å²) in [6.45, 7) is 10.7. The molecule has 1 aromatic heterocycles. The third kappa shape index (κ3) is 4.00. The second-order valence-electron chi connectivity index (χ2n) is 8.11. The van der Waals surface area contributed by atoms with Crippen LogP contribution in [0.3, 0.4) is 0 Å². The lowest BCUT2D eigenvalue weighted by Crippen LogP contribution is -2.49. The number of hydrogen-bond acceptors (Lipinski definition) is 6. The first-order valence-electron chi connectivity index (χ1n) is 9.46. The van der Waals surface area contributed by atoms with E-state index in [0.717, 1.165) is 11.1 Å². The number of aromatic nitrogens is 2. The highest BCUT2D eigenvalue weighted by atomic mass is 35.5. The Morgan fingerprint density at radius 1 is 1.14 bits per heavy atom. The first-order chi connectivity index (χ1) is 13.5. The summed E-state index contributed by atoms with van der Waals surface area (Å²) in [4.78, 5) is 13.1. The summed E-state index contributed by atoms with van der Waals surface area (Å²) in [6, 6.07) is 7.10. The third-order valence-electron chi connectivity index (χ3n) is 4.95. The molecule has 1 aliphatic rings. The van der Waals surface area contributed by atoms with Gasteiger partial charge in [-0.25, -0.2) is 0 Å². The molecule has 0 amide bonds. The quantitative estimate of drug-likeness (QED) is 0.735. The van der Waals surface area contributed by atoms with Crippen molar-refractivity contribution >= 4 is 23.0 Å². The number of ketones is 1. The van der Waals surface area contributed by atoms with E-state index < -0.39 is 11.2 Å². The molecule has 0 unspecified atom stereocenters. The highest BCUT2D eigenvalue weighted by molar-refractivity contribution is 6.30. The minimum atomic E-state index is -1.06. The van der Waals surface area contributed by atoms with E-state index in [0.29, 0.717) is 28.8 Å². The number of Topliss-reactive ketones (excluding diaryl/α,β-unsaturated/α-hetero) is 1. The lowest BCUT2D eigenvalue weighted by Gasteiger charge is -2.40. The van der Waals surface area contributed by atoms with Crippen molar-refractivity contribution in [3.8, 4) is 11.6 Å². The predicted molar refractivity (Wildman–Crippen MR) is 111 cm³/mol. The lowest BCUT2D eigenvalue weighted by molar-refractivity contribution is -0.158. The summed E-state index contributed by atoms with van der Waals surface area (Å²) in [6.07, 6.45) is 0.682. The van der Waals surface area contributed by atoms with E-state index in [2.05, 4.69) is 10.2 Å². The number of carbonyl (C=O) groups is 1. The van der Waals surface area contributed by atoms with Gasteiger partial charge < -0.3 is 14.6 Å². The topological polar surface area (TPSA) is 81.5 Å². The summed E-state index contributed by atoms with van der Waals surface area (Å²) in [7, 11) is 0. The molecule has 0 fully saturated rings. The molecule has 29 heavy (non-hydrogen) atoms. The molecule has 2 aromatic rings. The van der Waals surface area contributed by atoms with Gasteiger partial charge in [-0.3, -0.25) is 4.79 Å². The van der Waals surface area contributed by atoms with Gasteiger partial charge in [-0.1, -0.05) is 24.6 Å². The molecule has 0 bridgehead atoms. The zero-order valence-corrected chi connectivity index (χ0v) is 18.2. The number of ether oxygens (including phenoxy) is 2. The number of halogens is 1. The molecule has 2 heterocycles. The van der Waals surface area contributed by atoms with Crippen molar-refractivity contribution in [2.75, 3.05) is 0 Å². The lowest BCUT2D eigenvalue weighted by atomic mass is 9.81. The number of rotatable bonds is 4. The molecule has 154 valence electrons. The Labute approximate surface area is 175 Å². The smallest absolute Gasteiger partial charge is 0.239 e. The van der Waals surface area contributed by atoms with Crippen LogP contribution < -0.4 is 4.74 Å². The van der Waals surface area contributed by atoms with Crippen LogP contribution in [0, 0.1) is 6.92 Å². The van der Waals surface area contributed by atoms with Crippen LogP contribution in [0.25, 0.3) is 5.57 Å². The number of nitrogens with zero attached hydrogens (tertiary/aromatic N) is 2. The van der Waals surface area contributed by atoms with E-state index in [1.807, 2.05) is 19.9 Å². The molecule has 0 saturated heterocycles. The number of hydrogen-bond donors (Lipinski definition) is 1. The molecule has 0 atom stereocenters. The molecule has 1 N–H and O–H groups in total. The van der Waals surface area contributed by atoms with Gasteiger partial charge in [0.15, 0.2) is 10.9 Å². The Hall–Kier alpha value is -2.44. The molecule has 3 rings (SSSR count). The van der Waals surface area contributed by atoms with Crippen molar-refractivity contribution in [2.24, 2.45) is 0 Å². The van der Waals surface area contributed by atoms with Crippen molar-refractivity contribution < 1.29 is 19.4 Å². The van der Waals surface area contributed by atoms with Gasteiger partial charge >= 0.3 is 0 Å². The van der Waals surface area contributed by atoms with Gasteiger partial charge in [0.25, 0.3) is 0 Å². The first-order valence-corrected chi connectivity index (χ1v) is 9.83. The van der Waals surface area contributed by atoms with Crippen LogP contribution in [0.2, 0.25) is 5.15 Å². The Morgan fingerprint density at radius 2 is 1.83 bits per heavy atom. The highest BCUT2D eigenvalue weighted by Gasteiger charge is 2.47. The number of benzene rings is 1. The van der Waals surface area contributed by atoms with Gasteiger partial charge in [-0.2, -0.15) is 0 Å². The maximum absolute atomic E-state index is 13.1. The molecule has 0 radical (unpaired) electrons. The number of aryl methyl sites for hydroxylation is 2. The summed E-state index contributed by atoms with van der Waals surface area (Å²) >= 11 is 5.92. The van der Waals surface area contributed by atoms with Gasteiger partial charge in [0.1, 0.15) is 22.7 Å². The van der Waals surface area contributed by atoms with Crippen LogP contribution in [0.4, 0.5) is 0 Å². The monoisotopic (exact) mass is 416 g/mol. The molecule has 0 spiro atoms. The zero-order chi connectivity index (χ0) is 21.6. The van der Waals surface area contributed by atoms with E-state index >= 15 is 0 Å². The summed E-state index contributed by atoms with van der Waals surface area (Å²) < 4.78 is 11.7. The van der Waals surface area contributed by atoms with Gasteiger partial charge in [-0.15, -0.1) is 10.2 Å². The Bertz CT molecular complexity index is 1010. The fourth-order valence-corrected chi connectivity index (χ4v) is 3.56. The summed E-state index contributed by atoms with van der Waals surface area (Å²) in [5, 5.41) is 19.0. The van der Waals surface area contributed by atoms with E-state index in [1.54, 1.807) is 45.9 Å². The third-order valence-corrected chi connectivity index (χ3v) is 5.32. The van der Waals surface area contributed by atoms with Crippen molar-refractivity contribution in [1.82, 2.24) is 10.2 Å². The van der Waals surface area contributed by atoms with Crippen LogP contribution in [-0.4, -0.2) is 32.3 Å². The summed E-state index contributed by atoms with van der Waals surface area (Å²) in [5.41, 5.74) is 0.478. The maximum atomic E-state index is 13.1. The largest absolute Gasteiger partial charge is 0.508 e. The summed E-state index contributed by atoms with van der Waals surface area (Å²) in [5.74, 6) is 0.404. The second-order valence-corrected chi connectivity index (χ2v) is 8.46. The predicted octanol–water partition coefficient (Wildman–Crippen LogP) is 5.22. The molecule has 0 saturated carbocycles. The minimum absolute atomic E-state index is 0.0872. The van der Waals surface area contributed by atoms with E-state index in [4.69, 9.17) is 21.1 Å². The van der Waals surface area contributed by atoms with Crippen molar-refractivity contribution in [3.05, 3.63) is 51.9 Å². The molecular weight excluding hydrogens is 392 g/mol. The number of carbonyl (C=O) groups excluding carboxylic acids is 1. The van der Waals surface area contributed by atoms with E-state index in [-0.39, 0.29) is 17.1 Å². The minimum Gasteiger partial charge on any atom is -0.508 e. The maximum Gasteiger partial charge on any atom is 0.239 e. The first kappa shape index (κ1) is 21.3. The van der Waals surface area contributed by atoms with Crippen LogP contribution in [0.5, 0.6) is 11.6 Å². The Morgan fingerprint density at radius 3 is 2.45 bits per heavy atom. The normalized spacial score (nSPS) is 18.1. The molecule has 1 aromatic carbocycles. The SMILES string of the molecule is CCc1ccc(Oc2cc(C)c(Cl)nn2)cc1C1=C(O)C(C)(C)OC(C)(C)C1=O. The number of aliphatic hydroxyl groups excluding tert-OH is 1. The van der Waals surface area contributed by atoms with Crippen LogP contribution >= 0.6 is 11.6 Å². The fraction of sp³-hybridized carbons (Fsp3) is 0.409. The number of aliphatic hydroxyl groups is 1.